The van der Waals surface area contributed by atoms with Gasteiger partial charge in [0, 0.05) is 12.3 Å². The van der Waals surface area contributed by atoms with Gasteiger partial charge < -0.3 is 9.52 Å². The lowest BCUT2D eigenvalue weighted by molar-refractivity contribution is -0.402. The maximum Gasteiger partial charge on any atom is 0.438 e. The molecule has 0 amide bonds. The number of carboxylic acid groups (broad SMARTS) is 1. The summed E-state index contributed by atoms with van der Waals surface area (Å²) in [6, 6.07) is 0.835. The summed E-state index contributed by atoms with van der Waals surface area (Å²) in [4.78, 5) is 20.0. The van der Waals surface area contributed by atoms with E-state index in [1.165, 1.54) is 0 Å². The number of hydrogen-bond acceptors (Lipinski definition) is 6. The number of aromatic carboxylic acids is 1. The highest BCUT2D eigenvalue weighted by atomic mass is 32.2. The molecule has 0 aliphatic rings. The van der Waals surface area contributed by atoms with Gasteiger partial charge in [0.15, 0.2) is 9.84 Å². The maximum absolute atomic E-state index is 10.9. The van der Waals surface area contributed by atoms with Gasteiger partial charge in [-0.2, -0.15) is 0 Å². The van der Waals surface area contributed by atoms with Gasteiger partial charge in [-0.25, -0.2) is 13.2 Å². The molecular weight excluding hydrogens is 242 g/mol. The van der Waals surface area contributed by atoms with Crippen molar-refractivity contribution in [3.63, 3.8) is 0 Å². The molecular formula is C7H7NO7S. The second kappa shape index (κ2) is 3.93. The van der Waals surface area contributed by atoms with Gasteiger partial charge in [-0.1, -0.05) is 0 Å². The normalized spacial score (nSPS) is 11.3. The summed E-state index contributed by atoms with van der Waals surface area (Å²) in [6.45, 7) is 0. The van der Waals surface area contributed by atoms with Crippen LogP contribution in [0.15, 0.2) is 10.5 Å². The largest absolute Gasteiger partial charge is 0.475 e. The van der Waals surface area contributed by atoms with Crippen molar-refractivity contribution in [2.45, 2.75) is 5.75 Å². The monoisotopic (exact) mass is 249 g/mol. The maximum atomic E-state index is 10.9. The Bertz CT molecular complexity index is 541. The van der Waals surface area contributed by atoms with E-state index in [9.17, 15) is 23.3 Å². The van der Waals surface area contributed by atoms with Crippen molar-refractivity contribution < 1.29 is 27.7 Å². The molecule has 16 heavy (non-hydrogen) atoms. The van der Waals surface area contributed by atoms with Crippen LogP contribution in [0.1, 0.15) is 16.1 Å². The zero-order chi connectivity index (χ0) is 12.5. The third kappa shape index (κ3) is 2.79. The summed E-state index contributed by atoms with van der Waals surface area (Å²) in [5.41, 5.74) is -0.273. The van der Waals surface area contributed by atoms with Crippen LogP contribution in [-0.2, 0) is 15.6 Å². The molecule has 0 atom stereocenters. The lowest BCUT2D eigenvalue weighted by Crippen LogP contribution is -2.02. The summed E-state index contributed by atoms with van der Waals surface area (Å²) in [5, 5.41) is 19.0. The Morgan fingerprint density at radius 3 is 2.56 bits per heavy atom. The van der Waals surface area contributed by atoms with Crippen LogP contribution in [0.5, 0.6) is 0 Å². The minimum Gasteiger partial charge on any atom is -0.475 e. The molecule has 0 saturated carbocycles. The van der Waals surface area contributed by atoms with Gasteiger partial charge in [-0.05, 0) is 0 Å². The number of rotatable bonds is 4. The molecule has 1 N–H and O–H groups in total. The van der Waals surface area contributed by atoms with Crippen molar-refractivity contribution in [3.8, 4) is 0 Å². The Labute approximate surface area is 89.6 Å². The Morgan fingerprint density at radius 2 is 2.19 bits per heavy atom. The van der Waals surface area contributed by atoms with Gasteiger partial charge in [0.05, 0.1) is 11.3 Å². The summed E-state index contributed by atoms with van der Waals surface area (Å²) >= 11 is 0. The van der Waals surface area contributed by atoms with Gasteiger partial charge in [0.1, 0.15) is 4.92 Å². The van der Waals surface area contributed by atoms with Gasteiger partial charge >= 0.3 is 11.9 Å². The minimum atomic E-state index is -3.50. The fourth-order valence-corrected chi connectivity index (χ4v) is 1.84. The number of sulfone groups is 1. The Kier molecular flexibility index (Phi) is 2.99. The van der Waals surface area contributed by atoms with Gasteiger partial charge in [0.25, 0.3) is 0 Å². The van der Waals surface area contributed by atoms with Gasteiger partial charge in [0.2, 0.25) is 5.76 Å². The molecule has 1 aromatic rings. The second-order valence-corrected chi connectivity index (χ2v) is 5.21. The van der Waals surface area contributed by atoms with Crippen molar-refractivity contribution in [3.05, 3.63) is 27.5 Å². The predicted octanol–water partition coefficient (Wildman–Crippen LogP) is 0.431. The number of hydrogen-bond donors (Lipinski definition) is 1. The molecule has 0 saturated heterocycles. The first kappa shape index (κ1) is 12.2. The van der Waals surface area contributed by atoms with E-state index < -0.39 is 38.1 Å². The average Bonchev–Trinajstić information content (AvgIpc) is 2.44. The SMILES string of the molecule is CS(=O)(=O)Cc1cc(C(=O)O)oc1[N+](=O)[O-]. The molecule has 0 spiro atoms. The molecule has 0 unspecified atom stereocenters. The predicted molar refractivity (Wildman–Crippen MR) is 50.9 cm³/mol. The quantitative estimate of drug-likeness (QED) is 0.605. The van der Waals surface area contributed by atoms with Crippen LogP contribution in [-0.4, -0.2) is 30.7 Å². The zero-order valence-corrected chi connectivity index (χ0v) is 8.85. The summed E-state index contributed by atoms with van der Waals surface area (Å²) in [6.07, 6.45) is 0.879. The molecule has 8 nitrogen and oxygen atoms in total. The first-order chi connectivity index (χ1) is 7.20. The average molecular weight is 249 g/mol. The van der Waals surface area contributed by atoms with Gasteiger partial charge in [-0.3, -0.25) is 10.1 Å². The number of nitrogens with zero attached hydrogens (tertiary/aromatic N) is 1. The van der Waals surface area contributed by atoms with Crippen molar-refractivity contribution >= 4 is 21.7 Å². The van der Waals surface area contributed by atoms with E-state index >= 15 is 0 Å². The number of carboxylic acids is 1. The highest BCUT2D eigenvalue weighted by Gasteiger charge is 2.26. The van der Waals surface area contributed by atoms with Crippen LogP contribution in [0, 0.1) is 10.1 Å². The second-order valence-electron chi connectivity index (χ2n) is 3.07. The van der Waals surface area contributed by atoms with Crippen molar-refractivity contribution in [2.24, 2.45) is 0 Å². The van der Waals surface area contributed by atoms with Crippen molar-refractivity contribution in [1.29, 1.82) is 0 Å². The van der Waals surface area contributed by atoms with Crippen LogP contribution in [0.25, 0.3) is 0 Å². The Balaban J connectivity index is 3.26. The van der Waals surface area contributed by atoms with Crippen LogP contribution in [0.3, 0.4) is 0 Å². The standard InChI is InChI=1S/C7H7NO7S/c1-16(13,14)3-4-2-5(7(9)10)15-6(4)8(11)12/h2H,3H2,1H3,(H,9,10). The fourth-order valence-electron chi connectivity index (χ4n) is 1.06. The topological polar surface area (TPSA) is 128 Å². The molecule has 0 aliphatic carbocycles. The van der Waals surface area contributed by atoms with Crippen LogP contribution >= 0.6 is 0 Å². The summed E-state index contributed by atoms with van der Waals surface area (Å²) < 4.78 is 26.3. The highest BCUT2D eigenvalue weighted by molar-refractivity contribution is 7.89. The van der Waals surface area contributed by atoms with E-state index in [0.29, 0.717) is 0 Å². The van der Waals surface area contributed by atoms with E-state index in [2.05, 4.69) is 4.42 Å². The summed E-state index contributed by atoms with van der Waals surface area (Å²) in [7, 11) is -3.50. The lowest BCUT2D eigenvalue weighted by Gasteiger charge is -1.92. The molecule has 1 heterocycles. The Hall–Kier alpha value is -1.90. The lowest BCUT2D eigenvalue weighted by atomic mass is 10.3. The van der Waals surface area contributed by atoms with E-state index in [1.54, 1.807) is 0 Å². The van der Waals surface area contributed by atoms with E-state index in [-0.39, 0.29) is 5.56 Å². The number of nitro groups is 1. The third-order valence-corrected chi connectivity index (χ3v) is 2.42. The van der Waals surface area contributed by atoms with Crippen molar-refractivity contribution in [2.75, 3.05) is 6.26 Å². The molecule has 88 valence electrons. The van der Waals surface area contributed by atoms with Crippen molar-refractivity contribution in [1.82, 2.24) is 0 Å². The molecule has 0 fully saturated rings. The fraction of sp³-hybridized carbons (Fsp3) is 0.286. The molecule has 1 rings (SSSR count). The molecule has 0 radical (unpaired) electrons. The number of furan rings is 1. The third-order valence-electron chi connectivity index (χ3n) is 1.58. The zero-order valence-electron chi connectivity index (χ0n) is 8.04. The Morgan fingerprint density at radius 1 is 1.62 bits per heavy atom. The minimum absolute atomic E-state index is 0.273. The van der Waals surface area contributed by atoms with E-state index in [1.807, 2.05) is 0 Å². The first-order valence-corrected chi connectivity index (χ1v) is 5.95. The highest BCUT2D eigenvalue weighted by Crippen LogP contribution is 2.25. The number of carbonyl (C=O) groups is 1. The van der Waals surface area contributed by atoms with Crippen LogP contribution in [0.4, 0.5) is 5.88 Å². The summed E-state index contributed by atoms with van der Waals surface area (Å²) in [5.74, 6) is -3.66. The molecule has 0 bridgehead atoms. The molecule has 9 heteroatoms. The van der Waals surface area contributed by atoms with E-state index in [4.69, 9.17) is 5.11 Å². The van der Waals surface area contributed by atoms with Crippen LogP contribution in [0.2, 0.25) is 0 Å². The first-order valence-electron chi connectivity index (χ1n) is 3.89. The molecule has 0 aromatic carbocycles. The smallest absolute Gasteiger partial charge is 0.438 e. The van der Waals surface area contributed by atoms with Gasteiger partial charge in [-0.15, -0.1) is 0 Å². The van der Waals surface area contributed by atoms with E-state index in [0.717, 1.165) is 12.3 Å². The molecule has 0 aliphatic heterocycles. The van der Waals surface area contributed by atoms with Crippen LogP contribution < -0.4 is 0 Å². The molecule has 1 aromatic heterocycles.